The monoisotopic (exact) mass is 459 g/mol. The molecule has 1 fully saturated rings. The molecule has 10 heteroatoms. The van der Waals surface area contributed by atoms with E-state index in [1.54, 1.807) is 29.2 Å². The van der Waals surface area contributed by atoms with Crippen LogP contribution in [0.2, 0.25) is 0 Å². The minimum Gasteiger partial charge on any atom is -0.493 e. The molecule has 0 spiro atoms. The molecule has 0 bridgehead atoms. The second-order valence-corrected chi connectivity index (χ2v) is 7.23. The summed E-state index contributed by atoms with van der Waals surface area (Å²) >= 11 is 0. The number of halogens is 1. The number of carbonyl (C=O) groups is 3. The highest BCUT2D eigenvalue weighted by Crippen LogP contribution is 2.27. The lowest BCUT2D eigenvalue weighted by Gasteiger charge is -2.36. The Bertz CT molecular complexity index is 1010. The predicted molar refractivity (Wildman–Crippen MR) is 118 cm³/mol. The molecule has 2 amide bonds. The summed E-state index contributed by atoms with van der Waals surface area (Å²) in [5, 5.41) is 2.44. The average Bonchev–Trinajstić information content (AvgIpc) is 2.85. The Balaban J connectivity index is 1.40. The lowest BCUT2D eigenvalue weighted by Crippen LogP contribution is -2.50. The maximum absolute atomic E-state index is 13.9. The van der Waals surface area contributed by atoms with Crippen molar-refractivity contribution in [3.8, 4) is 11.5 Å². The molecule has 3 rings (SSSR count). The van der Waals surface area contributed by atoms with E-state index in [4.69, 9.17) is 14.2 Å². The number of amides is 2. The first-order chi connectivity index (χ1) is 15.9. The van der Waals surface area contributed by atoms with E-state index < -0.39 is 18.5 Å². The number of hydrogen-bond donors (Lipinski definition) is 1. The van der Waals surface area contributed by atoms with Gasteiger partial charge in [0.25, 0.3) is 11.8 Å². The van der Waals surface area contributed by atoms with Gasteiger partial charge in [-0.25, -0.2) is 4.39 Å². The average molecular weight is 459 g/mol. The number of methoxy groups -OCH3 is 2. The molecular formula is C23H26FN3O6. The fourth-order valence-electron chi connectivity index (χ4n) is 3.42. The molecule has 2 aromatic rings. The third kappa shape index (κ3) is 6.12. The second-order valence-electron chi connectivity index (χ2n) is 7.23. The van der Waals surface area contributed by atoms with Gasteiger partial charge >= 0.3 is 5.97 Å². The highest BCUT2D eigenvalue weighted by Gasteiger charge is 2.23. The normalized spacial score (nSPS) is 13.3. The third-order valence-electron chi connectivity index (χ3n) is 5.22. The van der Waals surface area contributed by atoms with E-state index in [0.29, 0.717) is 43.4 Å². The minimum absolute atomic E-state index is 0.282. The Morgan fingerprint density at radius 3 is 2.33 bits per heavy atom. The van der Waals surface area contributed by atoms with E-state index in [1.165, 1.54) is 32.4 Å². The molecule has 0 aliphatic carbocycles. The first-order valence-electron chi connectivity index (χ1n) is 10.4. The zero-order valence-corrected chi connectivity index (χ0v) is 18.5. The molecule has 2 aromatic carbocycles. The van der Waals surface area contributed by atoms with Crippen LogP contribution in [0.15, 0.2) is 42.5 Å². The van der Waals surface area contributed by atoms with E-state index in [-0.39, 0.29) is 23.8 Å². The second kappa shape index (κ2) is 11.2. The van der Waals surface area contributed by atoms with Crippen molar-refractivity contribution in [1.82, 2.24) is 10.2 Å². The lowest BCUT2D eigenvalue weighted by atomic mass is 10.2. The number of esters is 1. The van der Waals surface area contributed by atoms with Crippen LogP contribution in [0.1, 0.15) is 10.4 Å². The van der Waals surface area contributed by atoms with E-state index in [2.05, 4.69) is 5.32 Å². The molecule has 9 nitrogen and oxygen atoms in total. The Kier molecular flexibility index (Phi) is 8.06. The Labute approximate surface area is 191 Å². The van der Waals surface area contributed by atoms with Crippen molar-refractivity contribution in [2.75, 3.05) is 58.5 Å². The zero-order valence-electron chi connectivity index (χ0n) is 18.5. The van der Waals surface area contributed by atoms with E-state index in [0.717, 1.165) is 0 Å². The van der Waals surface area contributed by atoms with Crippen LogP contribution in [0.5, 0.6) is 11.5 Å². The summed E-state index contributed by atoms with van der Waals surface area (Å²) in [7, 11) is 2.94. The Hall–Kier alpha value is -3.82. The summed E-state index contributed by atoms with van der Waals surface area (Å²) in [6.45, 7) is 0.914. The van der Waals surface area contributed by atoms with Crippen LogP contribution in [0, 0.1) is 5.82 Å². The summed E-state index contributed by atoms with van der Waals surface area (Å²) in [4.78, 5) is 40.0. The fourth-order valence-corrected chi connectivity index (χ4v) is 3.42. The van der Waals surface area contributed by atoms with Crippen molar-refractivity contribution < 1.29 is 33.0 Å². The molecule has 1 aliphatic rings. The van der Waals surface area contributed by atoms with Crippen molar-refractivity contribution in [1.29, 1.82) is 0 Å². The number of ether oxygens (including phenoxy) is 3. The minimum atomic E-state index is -0.734. The largest absolute Gasteiger partial charge is 0.493 e. The first-order valence-corrected chi connectivity index (χ1v) is 10.4. The fraction of sp³-hybridized carbons (Fsp3) is 0.348. The molecule has 0 unspecified atom stereocenters. The van der Waals surface area contributed by atoms with E-state index in [1.807, 2.05) is 4.90 Å². The Morgan fingerprint density at radius 2 is 1.67 bits per heavy atom. The number of hydrogen-bond acceptors (Lipinski definition) is 7. The predicted octanol–water partition coefficient (Wildman–Crippen LogP) is 1.46. The topological polar surface area (TPSA) is 97.4 Å². The highest BCUT2D eigenvalue weighted by atomic mass is 19.1. The summed E-state index contributed by atoms with van der Waals surface area (Å²) in [5.74, 6) is -1.02. The number of para-hydroxylation sites is 1. The number of nitrogens with one attached hydrogen (secondary N) is 1. The van der Waals surface area contributed by atoms with Crippen LogP contribution in [0.4, 0.5) is 10.1 Å². The van der Waals surface area contributed by atoms with Crippen molar-refractivity contribution in [3.05, 3.63) is 53.8 Å². The van der Waals surface area contributed by atoms with Crippen LogP contribution < -0.4 is 19.7 Å². The van der Waals surface area contributed by atoms with Crippen LogP contribution in [-0.2, 0) is 14.3 Å². The number of piperazine rings is 1. The summed E-state index contributed by atoms with van der Waals surface area (Å²) in [6, 6.07) is 11.1. The molecule has 0 atom stereocenters. The molecule has 0 aromatic heterocycles. The van der Waals surface area contributed by atoms with Crippen LogP contribution in [-0.4, -0.2) is 76.2 Å². The third-order valence-corrected chi connectivity index (χ3v) is 5.22. The molecule has 0 radical (unpaired) electrons. The van der Waals surface area contributed by atoms with E-state index in [9.17, 15) is 18.8 Å². The van der Waals surface area contributed by atoms with Crippen molar-refractivity contribution in [2.24, 2.45) is 0 Å². The van der Waals surface area contributed by atoms with Crippen molar-refractivity contribution in [2.45, 2.75) is 0 Å². The molecular weight excluding hydrogens is 433 g/mol. The number of carbonyl (C=O) groups excluding carboxylic acids is 3. The SMILES string of the molecule is COc1ccc(C(=O)NCC(=O)OCC(=O)N2CCN(c3ccccc3F)CC2)cc1OC. The van der Waals surface area contributed by atoms with Gasteiger partial charge in [0.15, 0.2) is 18.1 Å². The van der Waals surface area contributed by atoms with Gasteiger partial charge in [-0.15, -0.1) is 0 Å². The van der Waals surface area contributed by atoms with Gasteiger partial charge in [-0.1, -0.05) is 12.1 Å². The molecule has 33 heavy (non-hydrogen) atoms. The number of benzene rings is 2. The van der Waals surface area contributed by atoms with Gasteiger partial charge < -0.3 is 29.3 Å². The molecule has 1 saturated heterocycles. The molecule has 1 heterocycles. The number of nitrogens with zero attached hydrogens (tertiary/aromatic N) is 2. The summed E-state index contributed by atoms with van der Waals surface area (Å²) in [5.41, 5.74) is 0.783. The summed E-state index contributed by atoms with van der Waals surface area (Å²) in [6.07, 6.45) is 0. The number of anilines is 1. The van der Waals surface area contributed by atoms with Crippen molar-refractivity contribution >= 4 is 23.5 Å². The standard InChI is InChI=1S/C23H26FN3O6/c1-31-19-8-7-16(13-20(19)32-2)23(30)25-14-22(29)33-15-21(28)27-11-9-26(10-12-27)18-6-4-3-5-17(18)24/h3-8,13H,9-12,14-15H2,1-2H3,(H,25,30). The summed E-state index contributed by atoms with van der Waals surface area (Å²) < 4.78 is 29.2. The zero-order chi connectivity index (χ0) is 23.8. The van der Waals surface area contributed by atoms with Gasteiger partial charge in [0.1, 0.15) is 12.4 Å². The van der Waals surface area contributed by atoms with Gasteiger partial charge in [0, 0.05) is 31.7 Å². The van der Waals surface area contributed by atoms with Gasteiger partial charge in [0.05, 0.1) is 19.9 Å². The molecule has 0 saturated carbocycles. The van der Waals surface area contributed by atoms with Crippen LogP contribution in [0.3, 0.4) is 0 Å². The van der Waals surface area contributed by atoms with Gasteiger partial charge in [0.2, 0.25) is 0 Å². The van der Waals surface area contributed by atoms with Crippen LogP contribution in [0.25, 0.3) is 0 Å². The number of rotatable bonds is 8. The molecule has 176 valence electrons. The van der Waals surface area contributed by atoms with Crippen molar-refractivity contribution in [3.63, 3.8) is 0 Å². The van der Waals surface area contributed by atoms with E-state index >= 15 is 0 Å². The highest BCUT2D eigenvalue weighted by molar-refractivity contribution is 5.96. The first kappa shape index (κ1) is 23.8. The van der Waals surface area contributed by atoms with Crippen LogP contribution >= 0.6 is 0 Å². The maximum Gasteiger partial charge on any atom is 0.325 e. The van der Waals surface area contributed by atoms with Gasteiger partial charge in [-0.3, -0.25) is 14.4 Å². The molecule has 1 N–H and O–H groups in total. The smallest absolute Gasteiger partial charge is 0.325 e. The van der Waals surface area contributed by atoms with Gasteiger partial charge in [-0.05, 0) is 30.3 Å². The molecule has 1 aliphatic heterocycles. The Morgan fingerprint density at radius 1 is 0.970 bits per heavy atom. The lowest BCUT2D eigenvalue weighted by molar-refractivity contribution is -0.151. The quantitative estimate of drug-likeness (QED) is 0.597. The maximum atomic E-state index is 13.9. The van der Waals surface area contributed by atoms with Gasteiger partial charge in [-0.2, -0.15) is 0 Å².